The van der Waals surface area contributed by atoms with E-state index in [9.17, 15) is 4.79 Å². The molecule has 0 unspecified atom stereocenters. The zero-order valence-electron chi connectivity index (χ0n) is 5.46. The molecule has 0 atom stereocenters. The van der Waals surface area contributed by atoms with Gasteiger partial charge in [-0.2, -0.15) is 0 Å². The lowest BCUT2D eigenvalue weighted by Crippen LogP contribution is -2.00. The molecule has 0 radical (unpaired) electrons. The Morgan fingerprint density at radius 3 is 2.60 bits per heavy atom. The number of aliphatic hydroxyl groups excluding tert-OH is 1. The topological polar surface area (TPSA) is 46.5 Å². The van der Waals surface area contributed by atoms with Crippen LogP contribution in [0.4, 0.5) is 0 Å². The molecule has 2 aliphatic rings. The van der Waals surface area contributed by atoms with E-state index < -0.39 is 0 Å². The Balaban J connectivity index is 2.27. The van der Waals surface area contributed by atoms with E-state index in [1.807, 2.05) is 0 Å². The Kier molecular flexibility index (Phi) is 1.01. The van der Waals surface area contributed by atoms with Gasteiger partial charge in [0.25, 0.3) is 0 Å². The largest absolute Gasteiger partial charge is 0.508 e. The summed E-state index contributed by atoms with van der Waals surface area (Å²) in [6.07, 6.45) is 2.04. The Labute approximate surface area is 58.3 Å². The summed E-state index contributed by atoms with van der Waals surface area (Å²) in [5, 5.41) is 9.10. The fourth-order valence-corrected chi connectivity index (χ4v) is 1.18. The zero-order chi connectivity index (χ0) is 7.14. The van der Waals surface area contributed by atoms with Gasteiger partial charge in [-0.3, -0.25) is 0 Å². The van der Waals surface area contributed by atoms with Crippen LogP contribution in [0.25, 0.3) is 0 Å². The molecule has 0 aromatic heterocycles. The molecule has 0 aromatic carbocycles. The van der Waals surface area contributed by atoms with Crippen LogP contribution >= 0.6 is 0 Å². The van der Waals surface area contributed by atoms with Gasteiger partial charge < -0.3 is 9.84 Å². The minimum Gasteiger partial charge on any atom is -0.508 e. The van der Waals surface area contributed by atoms with Crippen LogP contribution in [-0.4, -0.2) is 17.7 Å². The van der Waals surface area contributed by atoms with Gasteiger partial charge in [-0.1, -0.05) is 0 Å². The molecule has 1 N–H and O–H groups in total. The van der Waals surface area contributed by atoms with E-state index >= 15 is 0 Å². The molecule has 1 heterocycles. The number of cyclic esters (lactones) is 1. The highest BCUT2D eigenvalue weighted by atomic mass is 16.5. The van der Waals surface area contributed by atoms with E-state index in [0.29, 0.717) is 11.5 Å². The SMILES string of the molecule is O=C1OCC(O)=C1C1CC1. The second-order valence-electron chi connectivity index (χ2n) is 2.71. The molecule has 54 valence electrons. The maximum absolute atomic E-state index is 10.8. The number of hydrogen-bond donors (Lipinski definition) is 1. The van der Waals surface area contributed by atoms with Crippen LogP contribution in [0, 0.1) is 5.92 Å². The van der Waals surface area contributed by atoms with Crippen molar-refractivity contribution < 1.29 is 14.6 Å². The van der Waals surface area contributed by atoms with Gasteiger partial charge in [0.2, 0.25) is 0 Å². The van der Waals surface area contributed by atoms with Crippen molar-refractivity contribution in [2.45, 2.75) is 12.8 Å². The molecule has 1 aliphatic carbocycles. The highest BCUT2D eigenvalue weighted by Gasteiger charge is 2.37. The molecular weight excluding hydrogens is 132 g/mol. The van der Waals surface area contributed by atoms with E-state index in [1.54, 1.807) is 0 Å². The average Bonchev–Trinajstić information content (AvgIpc) is 2.64. The monoisotopic (exact) mass is 140 g/mol. The number of ether oxygens (including phenoxy) is 1. The van der Waals surface area contributed by atoms with Crippen LogP contribution in [0.2, 0.25) is 0 Å². The van der Waals surface area contributed by atoms with Crippen molar-refractivity contribution in [3.63, 3.8) is 0 Å². The quantitative estimate of drug-likeness (QED) is 0.547. The summed E-state index contributed by atoms with van der Waals surface area (Å²) in [7, 11) is 0. The third-order valence-electron chi connectivity index (χ3n) is 1.86. The predicted molar refractivity (Wildman–Crippen MR) is 33.3 cm³/mol. The maximum atomic E-state index is 10.8. The van der Waals surface area contributed by atoms with Gasteiger partial charge in [0.1, 0.15) is 12.4 Å². The third kappa shape index (κ3) is 0.701. The van der Waals surface area contributed by atoms with Crippen molar-refractivity contribution in [3.05, 3.63) is 11.3 Å². The summed E-state index contributed by atoms with van der Waals surface area (Å²) in [5.41, 5.74) is 0.528. The summed E-state index contributed by atoms with van der Waals surface area (Å²) in [6.45, 7) is 0.0880. The average molecular weight is 140 g/mol. The van der Waals surface area contributed by atoms with Crippen molar-refractivity contribution >= 4 is 5.97 Å². The molecule has 1 aliphatic heterocycles. The molecule has 0 saturated heterocycles. The first-order valence-corrected chi connectivity index (χ1v) is 3.38. The fourth-order valence-electron chi connectivity index (χ4n) is 1.18. The number of rotatable bonds is 1. The smallest absolute Gasteiger partial charge is 0.338 e. The molecule has 3 heteroatoms. The lowest BCUT2D eigenvalue weighted by molar-refractivity contribution is -0.136. The second-order valence-corrected chi connectivity index (χ2v) is 2.71. The van der Waals surface area contributed by atoms with Gasteiger partial charge in [-0.25, -0.2) is 4.79 Å². The second kappa shape index (κ2) is 1.75. The highest BCUT2D eigenvalue weighted by molar-refractivity contribution is 5.92. The van der Waals surface area contributed by atoms with Gasteiger partial charge in [0.15, 0.2) is 0 Å². The van der Waals surface area contributed by atoms with Crippen molar-refractivity contribution in [1.29, 1.82) is 0 Å². The lowest BCUT2D eigenvalue weighted by Gasteiger charge is -1.91. The summed E-state index contributed by atoms with van der Waals surface area (Å²) < 4.78 is 4.62. The van der Waals surface area contributed by atoms with Gasteiger partial charge in [0, 0.05) is 0 Å². The maximum Gasteiger partial charge on any atom is 0.338 e. The van der Waals surface area contributed by atoms with Crippen LogP contribution in [0.5, 0.6) is 0 Å². The summed E-state index contributed by atoms with van der Waals surface area (Å²) in [6, 6.07) is 0. The standard InChI is InChI=1S/C7H8O3/c8-5-3-10-7(9)6(5)4-1-2-4/h4,8H,1-3H2. The Hall–Kier alpha value is -0.990. The van der Waals surface area contributed by atoms with Crippen LogP contribution in [0.1, 0.15) is 12.8 Å². The van der Waals surface area contributed by atoms with Crippen LogP contribution < -0.4 is 0 Å². The minimum atomic E-state index is -0.319. The number of carbonyl (C=O) groups is 1. The molecule has 1 fully saturated rings. The zero-order valence-corrected chi connectivity index (χ0v) is 5.46. The van der Waals surface area contributed by atoms with Crippen LogP contribution in [-0.2, 0) is 9.53 Å². The van der Waals surface area contributed by atoms with Crippen molar-refractivity contribution in [1.82, 2.24) is 0 Å². The van der Waals surface area contributed by atoms with Gasteiger partial charge >= 0.3 is 5.97 Å². The Morgan fingerprint density at radius 2 is 2.20 bits per heavy atom. The molecule has 3 nitrogen and oxygen atoms in total. The number of esters is 1. The predicted octanol–water partition coefficient (Wildman–Crippen LogP) is 0.765. The molecule has 10 heavy (non-hydrogen) atoms. The minimum absolute atomic E-state index is 0.0880. The van der Waals surface area contributed by atoms with Gasteiger partial charge in [-0.05, 0) is 18.8 Å². The van der Waals surface area contributed by atoms with E-state index in [-0.39, 0.29) is 18.3 Å². The first-order chi connectivity index (χ1) is 4.79. The Bertz CT molecular complexity index is 213. The lowest BCUT2D eigenvalue weighted by atomic mass is 10.1. The van der Waals surface area contributed by atoms with Crippen molar-refractivity contribution in [2.75, 3.05) is 6.61 Å². The van der Waals surface area contributed by atoms with E-state index in [2.05, 4.69) is 4.74 Å². The van der Waals surface area contributed by atoms with Gasteiger partial charge in [-0.15, -0.1) is 0 Å². The van der Waals surface area contributed by atoms with Crippen LogP contribution in [0.3, 0.4) is 0 Å². The Morgan fingerprint density at radius 1 is 1.50 bits per heavy atom. The fraction of sp³-hybridized carbons (Fsp3) is 0.571. The molecule has 2 rings (SSSR count). The van der Waals surface area contributed by atoms with E-state index in [0.717, 1.165) is 12.8 Å². The first kappa shape index (κ1) is 5.77. The van der Waals surface area contributed by atoms with E-state index in [4.69, 9.17) is 5.11 Å². The summed E-state index contributed by atoms with van der Waals surface area (Å²) >= 11 is 0. The molecule has 0 amide bonds. The molecule has 1 saturated carbocycles. The molecule has 0 aromatic rings. The molecular formula is C7H8O3. The first-order valence-electron chi connectivity index (χ1n) is 3.38. The van der Waals surface area contributed by atoms with Gasteiger partial charge in [0.05, 0.1) is 5.57 Å². The van der Waals surface area contributed by atoms with Crippen molar-refractivity contribution in [2.24, 2.45) is 5.92 Å². The number of carbonyl (C=O) groups excluding carboxylic acids is 1. The van der Waals surface area contributed by atoms with Crippen LogP contribution in [0.15, 0.2) is 11.3 Å². The number of aliphatic hydroxyl groups is 1. The number of hydrogen-bond acceptors (Lipinski definition) is 3. The van der Waals surface area contributed by atoms with Crippen molar-refractivity contribution in [3.8, 4) is 0 Å². The summed E-state index contributed by atoms with van der Waals surface area (Å²) in [5.74, 6) is 0.127. The third-order valence-corrected chi connectivity index (χ3v) is 1.86. The van der Waals surface area contributed by atoms with E-state index in [1.165, 1.54) is 0 Å². The molecule has 0 bridgehead atoms. The normalized spacial score (nSPS) is 25.4. The highest BCUT2D eigenvalue weighted by Crippen LogP contribution is 2.39. The molecule has 0 spiro atoms. The summed E-state index contributed by atoms with van der Waals surface area (Å²) in [4.78, 5) is 10.8.